The van der Waals surface area contributed by atoms with E-state index in [1.165, 1.54) is 12.1 Å². The molecule has 0 aliphatic rings. The molecule has 0 radical (unpaired) electrons. The molecule has 0 aromatic heterocycles. The van der Waals surface area contributed by atoms with Gasteiger partial charge >= 0.3 is 12.4 Å². The van der Waals surface area contributed by atoms with Crippen LogP contribution in [0.15, 0.2) is 40.9 Å². The highest BCUT2D eigenvalue weighted by Crippen LogP contribution is 2.36. The molecular formula is C16H10BrF6NO. The summed E-state index contributed by atoms with van der Waals surface area (Å²) in [4.78, 5) is 12.1. The van der Waals surface area contributed by atoms with Crippen LogP contribution in [-0.4, -0.2) is 5.91 Å². The largest absolute Gasteiger partial charge is 0.416 e. The minimum atomic E-state index is -5.01. The van der Waals surface area contributed by atoms with Crippen molar-refractivity contribution < 1.29 is 31.1 Å². The molecule has 0 spiro atoms. The Hall–Kier alpha value is -2.03. The van der Waals surface area contributed by atoms with E-state index in [1.807, 2.05) is 0 Å². The Bertz CT molecular complexity index is 781. The van der Waals surface area contributed by atoms with Crippen LogP contribution in [-0.2, 0) is 12.4 Å². The molecule has 2 rings (SSSR count). The molecule has 9 heteroatoms. The second-order valence-corrected chi connectivity index (χ2v) is 6.07. The van der Waals surface area contributed by atoms with Crippen molar-refractivity contribution in [2.45, 2.75) is 19.3 Å². The molecule has 0 saturated carbocycles. The molecule has 0 saturated heterocycles. The molecule has 0 atom stereocenters. The van der Waals surface area contributed by atoms with E-state index in [9.17, 15) is 31.1 Å². The third kappa shape index (κ3) is 4.75. The van der Waals surface area contributed by atoms with Crippen LogP contribution in [0.1, 0.15) is 27.0 Å². The van der Waals surface area contributed by atoms with Gasteiger partial charge in [0.25, 0.3) is 5.91 Å². The van der Waals surface area contributed by atoms with Crippen molar-refractivity contribution in [2.24, 2.45) is 0 Å². The van der Waals surface area contributed by atoms with Gasteiger partial charge in [0.2, 0.25) is 0 Å². The van der Waals surface area contributed by atoms with Gasteiger partial charge < -0.3 is 5.32 Å². The van der Waals surface area contributed by atoms with E-state index in [4.69, 9.17) is 0 Å². The molecule has 1 N–H and O–H groups in total. The van der Waals surface area contributed by atoms with E-state index in [1.54, 1.807) is 13.0 Å². The Labute approximate surface area is 147 Å². The summed E-state index contributed by atoms with van der Waals surface area (Å²) in [6.45, 7) is 1.71. The summed E-state index contributed by atoms with van der Waals surface area (Å²) in [7, 11) is 0. The molecule has 0 aliphatic carbocycles. The maximum atomic E-state index is 12.8. The molecule has 134 valence electrons. The maximum Gasteiger partial charge on any atom is 0.416 e. The summed E-state index contributed by atoms with van der Waals surface area (Å²) in [6, 6.07) is 5.33. The van der Waals surface area contributed by atoms with Gasteiger partial charge in [-0.2, -0.15) is 26.3 Å². The number of nitrogens with one attached hydrogen (secondary N) is 1. The molecule has 0 unspecified atom stereocenters. The lowest BCUT2D eigenvalue weighted by Gasteiger charge is -2.14. The Morgan fingerprint density at radius 1 is 0.920 bits per heavy atom. The average molecular weight is 426 g/mol. The highest BCUT2D eigenvalue weighted by Gasteiger charge is 2.37. The Kier molecular flexibility index (Phi) is 5.17. The van der Waals surface area contributed by atoms with Crippen LogP contribution in [0.2, 0.25) is 0 Å². The Morgan fingerprint density at radius 3 is 1.88 bits per heavy atom. The first kappa shape index (κ1) is 19.3. The number of anilines is 1. The predicted octanol–water partition coefficient (Wildman–Crippen LogP) is 6.05. The van der Waals surface area contributed by atoms with E-state index in [-0.39, 0.29) is 11.8 Å². The zero-order valence-electron chi connectivity index (χ0n) is 12.5. The lowest BCUT2D eigenvalue weighted by atomic mass is 10.0. The summed E-state index contributed by atoms with van der Waals surface area (Å²) < 4.78 is 77.7. The van der Waals surface area contributed by atoms with Crippen molar-refractivity contribution in [1.29, 1.82) is 0 Å². The highest BCUT2D eigenvalue weighted by atomic mass is 79.9. The number of hydrogen-bond donors (Lipinski definition) is 1. The number of rotatable bonds is 2. The van der Waals surface area contributed by atoms with Crippen molar-refractivity contribution in [3.8, 4) is 0 Å². The number of benzene rings is 2. The van der Waals surface area contributed by atoms with E-state index in [0.29, 0.717) is 12.1 Å². The van der Waals surface area contributed by atoms with Gasteiger partial charge in [0.05, 0.1) is 11.1 Å². The van der Waals surface area contributed by atoms with Crippen molar-refractivity contribution in [3.05, 3.63) is 63.1 Å². The second kappa shape index (κ2) is 6.70. The Morgan fingerprint density at radius 2 is 1.44 bits per heavy atom. The van der Waals surface area contributed by atoms with Crippen molar-refractivity contribution in [1.82, 2.24) is 0 Å². The number of carbonyl (C=O) groups is 1. The van der Waals surface area contributed by atoms with Crippen molar-refractivity contribution >= 4 is 27.5 Å². The highest BCUT2D eigenvalue weighted by molar-refractivity contribution is 9.10. The number of hydrogen-bond acceptors (Lipinski definition) is 1. The van der Waals surface area contributed by atoms with Gasteiger partial charge in [-0.3, -0.25) is 4.79 Å². The van der Waals surface area contributed by atoms with Crippen LogP contribution in [0.4, 0.5) is 32.0 Å². The molecule has 25 heavy (non-hydrogen) atoms. The number of amides is 1. The number of halogens is 7. The number of carbonyl (C=O) groups excluding carboxylic acids is 1. The van der Waals surface area contributed by atoms with Crippen molar-refractivity contribution in [3.63, 3.8) is 0 Å². The van der Waals surface area contributed by atoms with Gasteiger partial charge in [0.15, 0.2) is 0 Å². The number of alkyl halides is 6. The predicted molar refractivity (Wildman–Crippen MR) is 83.3 cm³/mol. The zero-order chi connectivity index (χ0) is 19.0. The minimum Gasteiger partial charge on any atom is -0.322 e. The summed E-state index contributed by atoms with van der Waals surface area (Å²) in [5, 5.41) is 2.29. The molecule has 2 aromatic rings. The third-order valence-electron chi connectivity index (χ3n) is 3.27. The van der Waals surface area contributed by atoms with Gasteiger partial charge in [-0.15, -0.1) is 0 Å². The van der Waals surface area contributed by atoms with Gasteiger partial charge in [0.1, 0.15) is 0 Å². The zero-order valence-corrected chi connectivity index (χ0v) is 14.1. The van der Waals surface area contributed by atoms with Crippen LogP contribution in [0.25, 0.3) is 0 Å². The quantitative estimate of drug-likeness (QED) is 0.583. The van der Waals surface area contributed by atoms with E-state index < -0.39 is 35.0 Å². The van der Waals surface area contributed by atoms with Crippen LogP contribution in [0, 0.1) is 6.92 Å². The third-order valence-corrected chi connectivity index (χ3v) is 4.16. The van der Waals surface area contributed by atoms with Gasteiger partial charge in [-0.05, 0) is 48.9 Å². The van der Waals surface area contributed by atoms with E-state index in [2.05, 4.69) is 21.2 Å². The maximum absolute atomic E-state index is 12.8. The smallest absolute Gasteiger partial charge is 0.322 e. The molecule has 0 aliphatic heterocycles. The fourth-order valence-electron chi connectivity index (χ4n) is 2.01. The van der Waals surface area contributed by atoms with Gasteiger partial charge in [0, 0.05) is 15.7 Å². The molecule has 0 heterocycles. The normalized spacial score (nSPS) is 12.2. The SMILES string of the molecule is Cc1cc(NC(=O)c2cc(C(F)(F)F)cc(C(F)(F)F)c2)ccc1Br. The monoisotopic (exact) mass is 425 g/mol. The fourth-order valence-corrected chi connectivity index (χ4v) is 2.26. The average Bonchev–Trinajstić information content (AvgIpc) is 2.48. The first-order chi connectivity index (χ1) is 11.4. The van der Waals surface area contributed by atoms with E-state index in [0.717, 1.165) is 10.0 Å². The topological polar surface area (TPSA) is 29.1 Å². The molecule has 2 aromatic carbocycles. The standard InChI is InChI=1S/C16H10BrF6NO/c1-8-4-12(2-3-13(8)17)24-14(25)9-5-10(15(18,19)20)7-11(6-9)16(21,22)23/h2-7H,1H3,(H,24,25). The fraction of sp³-hybridized carbons (Fsp3) is 0.188. The molecule has 2 nitrogen and oxygen atoms in total. The first-order valence-electron chi connectivity index (χ1n) is 6.75. The van der Waals surface area contributed by atoms with Gasteiger partial charge in [-0.25, -0.2) is 0 Å². The van der Waals surface area contributed by atoms with Crippen LogP contribution in [0.3, 0.4) is 0 Å². The molecule has 1 amide bonds. The number of aryl methyl sites for hydroxylation is 1. The lowest BCUT2D eigenvalue weighted by molar-refractivity contribution is -0.143. The first-order valence-corrected chi connectivity index (χ1v) is 7.54. The molecular weight excluding hydrogens is 416 g/mol. The van der Waals surface area contributed by atoms with Crippen LogP contribution < -0.4 is 5.32 Å². The molecule has 0 fully saturated rings. The second-order valence-electron chi connectivity index (χ2n) is 5.21. The summed E-state index contributed by atoms with van der Waals surface area (Å²) >= 11 is 3.24. The minimum absolute atomic E-state index is 0.0272. The molecule has 0 bridgehead atoms. The van der Waals surface area contributed by atoms with Crippen LogP contribution in [0.5, 0.6) is 0 Å². The summed E-state index contributed by atoms with van der Waals surface area (Å²) in [5.41, 5.74) is -2.84. The van der Waals surface area contributed by atoms with Crippen LogP contribution >= 0.6 is 15.9 Å². The Balaban J connectivity index is 2.42. The summed E-state index contributed by atoms with van der Waals surface area (Å²) in [6.07, 6.45) is -10.0. The summed E-state index contributed by atoms with van der Waals surface area (Å²) in [5.74, 6) is -1.07. The lowest BCUT2D eigenvalue weighted by Crippen LogP contribution is -2.17. The van der Waals surface area contributed by atoms with Gasteiger partial charge in [-0.1, -0.05) is 15.9 Å². The van der Waals surface area contributed by atoms with Crippen molar-refractivity contribution in [2.75, 3.05) is 5.32 Å². The van der Waals surface area contributed by atoms with E-state index >= 15 is 0 Å².